The SMILES string of the molecule is COc1ccc(-n2nc(C(=O)N(C)Cc3cc(OC)c(OC)c(OC)c3)nc2-c2ccccc2)cc1. The zero-order chi connectivity index (χ0) is 25.7. The van der Waals surface area contributed by atoms with Gasteiger partial charge >= 0.3 is 0 Å². The molecule has 0 aliphatic carbocycles. The molecule has 0 saturated heterocycles. The Hall–Kier alpha value is -4.53. The van der Waals surface area contributed by atoms with E-state index >= 15 is 0 Å². The predicted octanol–water partition coefficient (Wildman–Crippen LogP) is 4.24. The van der Waals surface area contributed by atoms with E-state index in [-0.39, 0.29) is 18.3 Å². The van der Waals surface area contributed by atoms with Crippen LogP contribution in [0.4, 0.5) is 0 Å². The first-order valence-corrected chi connectivity index (χ1v) is 11.2. The second kappa shape index (κ2) is 10.8. The van der Waals surface area contributed by atoms with Crippen molar-refractivity contribution in [3.8, 4) is 40.1 Å². The van der Waals surface area contributed by atoms with E-state index in [1.165, 1.54) is 0 Å². The van der Waals surface area contributed by atoms with Crippen molar-refractivity contribution in [1.82, 2.24) is 19.7 Å². The highest BCUT2D eigenvalue weighted by molar-refractivity contribution is 5.91. The van der Waals surface area contributed by atoms with Crippen LogP contribution in [0, 0.1) is 0 Å². The molecule has 0 bridgehead atoms. The van der Waals surface area contributed by atoms with E-state index in [0.29, 0.717) is 23.1 Å². The molecule has 0 aliphatic rings. The van der Waals surface area contributed by atoms with Crippen molar-refractivity contribution < 1.29 is 23.7 Å². The van der Waals surface area contributed by atoms with Gasteiger partial charge in [0.1, 0.15) is 5.75 Å². The van der Waals surface area contributed by atoms with Gasteiger partial charge in [-0.15, -0.1) is 5.10 Å². The zero-order valence-corrected chi connectivity index (χ0v) is 20.9. The Morgan fingerprint density at radius 2 is 1.50 bits per heavy atom. The maximum atomic E-state index is 13.4. The highest BCUT2D eigenvalue weighted by Gasteiger charge is 2.23. The number of aromatic nitrogens is 3. The van der Waals surface area contributed by atoms with Crippen LogP contribution >= 0.6 is 0 Å². The Balaban J connectivity index is 1.67. The number of rotatable bonds is 9. The van der Waals surface area contributed by atoms with E-state index in [9.17, 15) is 4.79 Å². The highest BCUT2D eigenvalue weighted by atomic mass is 16.5. The van der Waals surface area contributed by atoms with Crippen molar-refractivity contribution in [1.29, 1.82) is 0 Å². The van der Waals surface area contributed by atoms with Crippen molar-refractivity contribution in [2.75, 3.05) is 35.5 Å². The first kappa shape index (κ1) is 24.6. The van der Waals surface area contributed by atoms with Crippen LogP contribution in [0.3, 0.4) is 0 Å². The van der Waals surface area contributed by atoms with E-state index in [0.717, 1.165) is 22.6 Å². The summed E-state index contributed by atoms with van der Waals surface area (Å²) in [5.74, 6) is 2.56. The van der Waals surface area contributed by atoms with E-state index in [1.807, 2.05) is 66.7 Å². The molecule has 1 heterocycles. The van der Waals surface area contributed by atoms with Crippen molar-refractivity contribution in [3.05, 3.63) is 78.1 Å². The molecule has 1 amide bonds. The van der Waals surface area contributed by atoms with Gasteiger partial charge in [0.25, 0.3) is 5.91 Å². The summed E-state index contributed by atoms with van der Waals surface area (Å²) in [4.78, 5) is 19.6. The molecule has 4 aromatic rings. The van der Waals surface area contributed by atoms with Crippen LogP contribution in [-0.2, 0) is 6.54 Å². The maximum absolute atomic E-state index is 13.4. The van der Waals surface area contributed by atoms with Gasteiger partial charge in [-0.2, -0.15) is 0 Å². The summed E-state index contributed by atoms with van der Waals surface area (Å²) in [6, 6.07) is 20.6. The molecule has 0 saturated carbocycles. The lowest BCUT2D eigenvalue weighted by Crippen LogP contribution is -2.27. The summed E-state index contributed by atoms with van der Waals surface area (Å²) in [7, 11) is 7.96. The van der Waals surface area contributed by atoms with Crippen LogP contribution in [0.1, 0.15) is 16.2 Å². The molecule has 9 nitrogen and oxygen atoms in total. The number of methoxy groups -OCH3 is 4. The van der Waals surface area contributed by atoms with Gasteiger partial charge < -0.3 is 23.8 Å². The summed E-state index contributed by atoms with van der Waals surface area (Å²) in [6.45, 7) is 0.285. The summed E-state index contributed by atoms with van der Waals surface area (Å²) >= 11 is 0. The minimum Gasteiger partial charge on any atom is -0.497 e. The van der Waals surface area contributed by atoms with E-state index in [1.54, 1.807) is 45.1 Å². The quantitative estimate of drug-likeness (QED) is 0.348. The minimum absolute atomic E-state index is 0.0830. The lowest BCUT2D eigenvalue weighted by Gasteiger charge is -2.18. The first-order chi connectivity index (χ1) is 17.5. The Kier molecular flexibility index (Phi) is 7.39. The van der Waals surface area contributed by atoms with Gasteiger partial charge in [-0.3, -0.25) is 4.79 Å². The molecule has 0 N–H and O–H groups in total. The molecule has 3 aromatic carbocycles. The molecule has 0 radical (unpaired) electrons. The monoisotopic (exact) mass is 488 g/mol. The Morgan fingerprint density at radius 1 is 0.861 bits per heavy atom. The van der Waals surface area contributed by atoms with Crippen LogP contribution in [0.15, 0.2) is 66.7 Å². The standard InChI is InChI=1S/C27H28N4O5/c1-30(17-18-15-22(34-3)24(36-5)23(16-18)35-4)27(32)25-28-26(19-9-7-6-8-10-19)31(29-25)20-11-13-21(33-2)14-12-20/h6-16H,17H2,1-5H3. The van der Waals surface area contributed by atoms with Crippen molar-refractivity contribution >= 4 is 5.91 Å². The number of hydrogen-bond acceptors (Lipinski definition) is 7. The van der Waals surface area contributed by atoms with Gasteiger partial charge in [0.2, 0.25) is 11.6 Å². The largest absolute Gasteiger partial charge is 0.497 e. The number of carbonyl (C=O) groups is 1. The van der Waals surface area contributed by atoms with Crippen LogP contribution < -0.4 is 18.9 Å². The number of hydrogen-bond donors (Lipinski definition) is 0. The molecule has 0 fully saturated rings. The summed E-state index contributed by atoms with van der Waals surface area (Å²) < 4.78 is 23.2. The zero-order valence-electron chi connectivity index (χ0n) is 20.9. The fourth-order valence-corrected chi connectivity index (χ4v) is 3.82. The molecule has 1 aromatic heterocycles. The summed E-state index contributed by atoms with van der Waals surface area (Å²) in [6.07, 6.45) is 0. The summed E-state index contributed by atoms with van der Waals surface area (Å²) in [5, 5.41) is 4.57. The average Bonchev–Trinajstić information content (AvgIpc) is 3.38. The number of amides is 1. The number of nitrogens with zero attached hydrogens (tertiary/aromatic N) is 4. The fraction of sp³-hybridized carbons (Fsp3) is 0.222. The Labute approximate surface area is 209 Å². The lowest BCUT2D eigenvalue weighted by atomic mass is 10.1. The molecule has 0 spiro atoms. The van der Waals surface area contributed by atoms with E-state index < -0.39 is 0 Å². The highest BCUT2D eigenvalue weighted by Crippen LogP contribution is 2.38. The Bertz CT molecular complexity index is 1310. The predicted molar refractivity (Wildman–Crippen MR) is 135 cm³/mol. The molecule has 4 rings (SSSR count). The first-order valence-electron chi connectivity index (χ1n) is 11.2. The molecule has 0 unspecified atom stereocenters. The molecule has 36 heavy (non-hydrogen) atoms. The van der Waals surface area contributed by atoms with Crippen LogP contribution in [-0.4, -0.2) is 61.1 Å². The molecule has 9 heteroatoms. The van der Waals surface area contributed by atoms with Crippen molar-refractivity contribution in [2.24, 2.45) is 0 Å². The fourth-order valence-electron chi connectivity index (χ4n) is 3.82. The topological polar surface area (TPSA) is 87.9 Å². The molecule has 186 valence electrons. The third kappa shape index (κ3) is 4.95. The Morgan fingerprint density at radius 3 is 2.06 bits per heavy atom. The maximum Gasteiger partial charge on any atom is 0.293 e. The smallest absolute Gasteiger partial charge is 0.293 e. The average molecular weight is 489 g/mol. The van der Waals surface area contributed by atoms with Crippen LogP contribution in [0.2, 0.25) is 0 Å². The molecule has 0 aliphatic heterocycles. The molecular formula is C27H28N4O5. The van der Waals surface area contributed by atoms with Gasteiger partial charge in [0.15, 0.2) is 17.3 Å². The molecule has 0 atom stereocenters. The number of benzene rings is 3. The van der Waals surface area contributed by atoms with Crippen LogP contribution in [0.5, 0.6) is 23.0 Å². The second-order valence-electron chi connectivity index (χ2n) is 7.93. The number of carbonyl (C=O) groups excluding carboxylic acids is 1. The minimum atomic E-state index is -0.326. The van der Waals surface area contributed by atoms with E-state index in [2.05, 4.69) is 10.1 Å². The summed E-state index contributed by atoms with van der Waals surface area (Å²) in [5.41, 5.74) is 2.40. The van der Waals surface area contributed by atoms with Crippen LogP contribution in [0.25, 0.3) is 17.1 Å². The van der Waals surface area contributed by atoms with Crippen molar-refractivity contribution in [2.45, 2.75) is 6.54 Å². The van der Waals surface area contributed by atoms with Gasteiger partial charge in [0.05, 0.1) is 34.1 Å². The third-order valence-electron chi connectivity index (χ3n) is 5.64. The van der Waals surface area contributed by atoms with Gasteiger partial charge in [-0.05, 0) is 42.0 Å². The number of ether oxygens (including phenoxy) is 4. The van der Waals surface area contributed by atoms with Gasteiger partial charge in [-0.25, -0.2) is 9.67 Å². The third-order valence-corrected chi connectivity index (χ3v) is 5.64. The van der Waals surface area contributed by atoms with E-state index in [4.69, 9.17) is 18.9 Å². The lowest BCUT2D eigenvalue weighted by molar-refractivity contribution is 0.0773. The normalized spacial score (nSPS) is 10.6. The van der Waals surface area contributed by atoms with Gasteiger partial charge in [-0.1, -0.05) is 30.3 Å². The van der Waals surface area contributed by atoms with Gasteiger partial charge in [0, 0.05) is 19.2 Å². The van der Waals surface area contributed by atoms with Crippen molar-refractivity contribution in [3.63, 3.8) is 0 Å². The second-order valence-corrected chi connectivity index (χ2v) is 7.93. The molecular weight excluding hydrogens is 460 g/mol.